The van der Waals surface area contributed by atoms with Crippen LogP contribution in [0.3, 0.4) is 0 Å². The SMILES string of the molecule is c1ccc2c(c1)-c1cccc3cc(-c4ccc(-n5c6ccccc6c6cc(-n7c8cc9ccccc9cc8c8cc9ccccc9cc87)ccc65)cc4)cc-2c13. The van der Waals surface area contributed by atoms with E-state index >= 15 is 0 Å². The lowest BCUT2D eigenvalue weighted by Gasteiger charge is -2.12. The van der Waals surface area contributed by atoms with Gasteiger partial charge in [0.05, 0.1) is 22.1 Å². The second-order valence-corrected chi connectivity index (χ2v) is 15.3. The first-order chi connectivity index (χ1) is 27.7. The standard InChI is InChI=1S/C54H32N2/c1-3-12-36-30-52-46(27-34(36)10-1)47-28-35-11-2-4-13-37(35)31-53(47)56(52)41-24-25-51-48(32-41)44-17-7-8-19-50(44)55(51)40-22-20-33(21-23-40)39-26-38-14-9-18-45-42-15-5-6-16-43(42)49(29-39)54(38)45/h1-32H. The molecule has 10 aromatic carbocycles. The minimum atomic E-state index is 1.15. The Balaban J connectivity index is 0.985. The third-order valence-corrected chi connectivity index (χ3v) is 12.4. The van der Waals surface area contributed by atoms with E-state index in [1.54, 1.807) is 0 Å². The molecular weight excluding hydrogens is 677 g/mol. The van der Waals surface area contributed by atoms with Crippen molar-refractivity contribution in [3.8, 4) is 44.8 Å². The summed E-state index contributed by atoms with van der Waals surface area (Å²) < 4.78 is 4.90. The van der Waals surface area contributed by atoms with E-state index in [2.05, 4.69) is 203 Å². The van der Waals surface area contributed by atoms with Gasteiger partial charge >= 0.3 is 0 Å². The highest BCUT2D eigenvalue weighted by Gasteiger charge is 2.22. The summed E-state index contributed by atoms with van der Waals surface area (Å²) in [7, 11) is 0. The maximum absolute atomic E-state index is 2.47. The molecule has 258 valence electrons. The van der Waals surface area contributed by atoms with E-state index in [0.717, 1.165) is 11.4 Å². The highest BCUT2D eigenvalue weighted by molar-refractivity contribution is 6.18. The molecule has 0 saturated heterocycles. The van der Waals surface area contributed by atoms with Gasteiger partial charge in [-0.15, -0.1) is 0 Å². The summed E-state index contributed by atoms with van der Waals surface area (Å²) in [5.41, 5.74) is 14.9. The molecule has 0 unspecified atom stereocenters. The van der Waals surface area contributed by atoms with Gasteiger partial charge < -0.3 is 9.13 Å². The largest absolute Gasteiger partial charge is 0.309 e. The van der Waals surface area contributed by atoms with Crippen LogP contribution in [0.5, 0.6) is 0 Å². The van der Waals surface area contributed by atoms with Crippen molar-refractivity contribution < 1.29 is 0 Å². The Morgan fingerprint density at radius 3 is 1.48 bits per heavy atom. The fraction of sp³-hybridized carbons (Fsp3) is 0. The van der Waals surface area contributed by atoms with Crippen molar-refractivity contribution in [2.45, 2.75) is 0 Å². The van der Waals surface area contributed by atoms with Crippen LogP contribution in [0.25, 0.3) is 121 Å². The highest BCUT2D eigenvalue weighted by Crippen LogP contribution is 2.48. The van der Waals surface area contributed by atoms with Crippen molar-refractivity contribution in [3.63, 3.8) is 0 Å². The third-order valence-electron chi connectivity index (χ3n) is 12.4. The molecule has 0 saturated carbocycles. The topological polar surface area (TPSA) is 9.86 Å². The summed E-state index contributed by atoms with van der Waals surface area (Å²) in [5.74, 6) is 0. The van der Waals surface area contributed by atoms with Crippen LogP contribution < -0.4 is 0 Å². The zero-order valence-corrected chi connectivity index (χ0v) is 30.4. The summed E-state index contributed by atoms with van der Waals surface area (Å²) in [5, 5.41) is 12.7. The molecule has 1 aliphatic carbocycles. The van der Waals surface area contributed by atoms with Gasteiger partial charge in [0.15, 0.2) is 0 Å². The van der Waals surface area contributed by atoms with E-state index in [1.807, 2.05) is 0 Å². The smallest absolute Gasteiger partial charge is 0.0547 e. The van der Waals surface area contributed by atoms with Crippen molar-refractivity contribution in [3.05, 3.63) is 194 Å². The van der Waals surface area contributed by atoms with Gasteiger partial charge in [-0.2, -0.15) is 0 Å². The molecule has 0 aliphatic heterocycles. The fourth-order valence-corrected chi connectivity index (χ4v) is 9.83. The molecule has 0 N–H and O–H groups in total. The van der Waals surface area contributed by atoms with Crippen molar-refractivity contribution in [1.29, 1.82) is 0 Å². The number of hydrogen-bond donors (Lipinski definition) is 0. The van der Waals surface area contributed by atoms with Crippen LogP contribution in [0.1, 0.15) is 0 Å². The minimum Gasteiger partial charge on any atom is -0.309 e. The van der Waals surface area contributed by atoms with Gasteiger partial charge in [-0.3, -0.25) is 0 Å². The number of benzene rings is 10. The van der Waals surface area contributed by atoms with Crippen LogP contribution in [0.2, 0.25) is 0 Å². The second kappa shape index (κ2) is 11.1. The van der Waals surface area contributed by atoms with Crippen LogP contribution in [0.4, 0.5) is 0 Å². The Labute approximate surface area is 322 Å². The Morgan fingerprint density at radius 1 is 0.250 bits per heavy atom. The van der Waals surface area contributed by atoms with Crippen LogP contribution in [0.15, 0.2) is 194 Å². The summed E-state index contributed by atoms with van der Waals surface area (Å²) in [6.07, 6.45) is 0. The predicted octanol–water partition coefficient (Wildman–Crippen LogP) is 14.7. The lowest BCUT2D eigenvalue weighted by molar-refractivity contribution is 1.17. The molecule has 2 nitrogen and oxygen atoms in total. The number of nitrogens with zero attached hydrogens (tertiary/aromatic N) is 2. The molecule has 12 aromatic rings. The number of fused-ring (bicyclic) bond motifs is 11. The highest BCUT2D eigenvalue weighted by atomic mass is 15.0. The molecule has 1 aliphatic rings. The number of rotatable bonds is 3. The molecule has 0 atom stereocenters. The second-order valence-electron chi connectivity index (χ2n) is 15.3. The molecular formula is C54H32N2. The molecule has 0 amide bonds. The first-order valence-electron chi connectivity index (χ1n) is 19.4. The van der Waals surface area contributed by atoms with E-state index in [-0.39, 0.29) is 0 Å². The maximum atomic E-state index is 2.47. The van der Waals surface area contributed by atoms with Gasteiger partial charge in [0.2, 0.25) is 0 Å². The monoisotopic (exact) mass is 708 g/mol. The van der Waals surface area contributed by atoms with Gasteiger partial charge in [-0.25, -0.2) is 0 Å². The van der Waals surface area contributed by atoms with E-state index in [9.17, 15) is 0 Å². The van der Waals surface area contributed by atoms with Gasteiger partial charge in [-0.05, 0) is 138 Å². The quantitative estimate of drug-likeness (QED) is 0.173. The van der Waals surface area contributed by atoms with Crippen LogP contribution in [-0.4, -0.2) is 9.13 Å². The fourth-order valence-electron chi connectivity index (χ4n) is 9.83. The Bertz CT molecular complexity index is 3540. The van der Waals surface area contributed by atoms with Crippen LogP contribution in [-0.2, 0) is 0 Å². The van der Waals surface area contributed by atoms with Crippen molar-refractivity contribution >= 4 is 75.9 Å². The normalized spacial score (nSPS) is 12.3. The zero-order valence-electron chi connectivity index (χ0n) is 30.4. The molecule has 13 rings (SSSR count). The van der Waals surface area contributed by atoms with Crippen LogP contribution in [0, 0.1) is 0 Å². The van der Waals surface area contributed by atoms with E-state index in [0.29, 0.717) is 0 Å². The first kappa shape index (κ1) is 30.0. The molecule has 0 radical (unpaired) electrons. The average molecular weight is 709 g/mol. The predicted molar refractivity (Wildman–Crippen MR) is 238 cm³/mol. The minimum absolute atomic E-state index is 1.15. The number of hydrogen-bond acceptors (Lipinski definition) is 0. The van der Waals surface area contributed by atoms with Gasteiger partial charge in [-0.1, -0.05) is 121 Å². The van der Waals surface area contributed by atoms with Crippen LogP contribution >= 0.6 is 0 Å². The van der Waals surface area contributed by atoms with Gasteiger partial charge in [0.1, 0.15) is 0 Å². The third kappa shape index (κ3) is 4.10. The first-order valence-corrected chi connectivity index (χ1v) is 19.4. The van der Waals surface area contributed by atoms with Crippen molar-refractivity contribution in [2.24, 2.45) is 0 Å². The Hall–Kier alpha value is -7.42. The zero-order chi connectivity index (χ0) is 36.5. The van der Waals surface area contributed by atoms with E-state index in [4.69, 9.17) is 0 Å². The van der Waals surface area contributed by atoms with E-state index < -0.39 is 0 Å². The lowest BCUT2D eigenvalue weighted by atomic mass is 9.96. The Kier molecular flexibility index (Phi) is 5.92. The van der Waals surface area contributed by atoms with Crippen molar-refractivity contribution in [1.82, 2.24) is 9.13 Å². The summed E-state index contributed by atoms with van der Waals surface area (Å²) in [6, 6.07) is 72.1. The summed E-state index contributed by atoms with van der Waals surface area (Å²) in [4.78, 5) is 0. The number of para-hydroxylation sites is 1. The number of aromatic nitrogens is 2. The average Bonchev–Trinajstić information content (AvgIpc) is 3.87. The molecule has 0 fully saturated rings. The molecule has 56 heavy (non-hydrogen) atoms. The summed E-state index contributed by atoms with van der Waals surface area (Å²) in [6.45, 7) is 0. The van der Waals surface area contributed by atoms with Gasteiger partial charge in [0.25, 0.3) is 0 Å². The molecule has 2 aromatic heterocycles. The lowest BCUT2D eigenvalue weighted by Crippen LogP contribution is -1.96. The molecule has 2 heterocycles. The molecule has 0 spiro atoms. The summed E-state index contributed by atoms with van der Waals surface area (Å²) >= 11 is 0. The Morgan fingerprint density at radius 2 is 0.768 bits per heavy atom. The van der Waals surface area contributed by atoms with Gasteiger partial charge in [0, 0.05) is 32.9 Å². The molecule has 2 heteroatoms. The van der Waals surface area contributed by atoms with E-state index in [1.165, 1.54) is 109 Å². The maximum Gasteiger partial charge on any atom is 0.0547 e. The molecule has 0 bridgehead atoms. The van der Waals surface area contributed by atoms with Crippen molar-refractivity contribution in [2.75, 3.05) is 0 Å².